The van der Waals surface area contributed by atoms with Crippen LogP contribution in [-0.4, -0.2) is 10.5 Å². The average Bonchev–Trinajstić information content (AvgIpc) is 2.77. The number of carbonyl (C=O) groups is 1. The first-order chi connectivity index (χ1) is 10.1. The Kier molecular flexibility index (Phi) is 3.97. The summed E-state index contributed by atoms with van der Waals surface area (Å²) in [6, 6.07) is 12.9. The van der Waals surface area contributed by atoms with Crippen molar-refractivity contribution in [1.82, 2.24) is 4.57 Å². The molecule has 0 aliphatic heterocycles. The van der Waals surface area contributed by atoms with Crippen LogP contribution in [0.5, 0.6) is 0 Å². The molecule has 0 unspecified atom stereocenters. The van der Waals surface area contributed by atoms with Crippen molar-refractivity contribution in [2.45, 2.75) is 0 Å². The number of thiazole rings is 1. The smallest absolute Gasteiger partial charge is 0.279 e. The van der Waals surface area contributed by atoms with Gasteiger partial charge in [-0.15, -0.1) is 0 Å². The third-order valence-electron chi connectivity index (χ3n) is 3.04. The van der Waals surface area contributed by atoms with E-state index in [0.717, 1.165) is 14.7 Å². The maximum absolute atomic E-state index is 12.3. The Morgan fingerprint density at radius 3 is 2.76 bits per heavy atom. The number of hydrogen-bond donors (Lipinski definition) is 0. The van der Waals surface area contributed by atoms with Crippen LogP contribution in [0.4, 0.5) is 0 Å². The Balaban J connectivity index is 2.14. The largest absolute Gasteiger partial charge is 0.318 e. The van der Waals surface area contributed by atoms with Gasteiger partial charge in [0.25, 0.3) is 5.91 Å². The molecule has 2 aromatic carbocycles. The van der Waals surface area contributed by atoms with Crippen LogP contribution in [0.1, 0.15) is 10.4 Å². The number of carbonyl (C=O) groups excluding carboxylic acids is 1. The van der Waals surface area contributed by atoms with E-state index in [9.17, 15) is 4.79 Å². The van der Waals surface area contributed by atoms with Crippen molar-refractivity contribution in [2.75, 3.05) is 0 Å². The number of rotatable bonds is 1. The van der Waals surface area contributed by atoms with Crippen LogP contribution < -0.4 is 4.80 Å². The second kappa shape index (κ2) is 5.75. The zero-order valence-electron chi connectivity index (χ0n) is 11.0. The number of halogens is 2. The van der Waals surface area contributed by atoms with Crippen molar-refractivity contribution in [3.05, 3.63) is 62.3 Å². The van der Waals surface area contributed by atoms with Crippen molar-refractivity contribution in [3.8, 4) is 0 Å². The van der Waals surface area contributed by atoms with Gasteiger partial charge in [-0.1, -0.05) is 51.0 Å². The van der Waals surface area contributed by atoms with Gasteiger partial charge in [0.05, 0.1) is 15.2 Å². The minimum atomic E-state index is -0.269. The number of fused-ring (bicyclic) bond motifs is 1. The summed E-state index contributed by atoms with van der Waals surface area (Å²) in [6.45, 7) is 0. The van der Waals surface area contributed by atoms with Gasteiger partial charge in [0.2, 0.25) is 0 Å². The Labute approximate surface area is 138 Å². The van der Waals surface area contributed by atoms with Crippen LogP contribution in [-0.2, 0) is 7.05 Å². The molecule has 0 aliphatic rings. The van der Waals surface area contributed by atoms with Crippen molar-refractivity contribution in [1.29, 1.82) is 0 Å². The molecule has 0 radical (unpaired) electrons. The molecule has 21 heavy (non-hydrogen) atoms. The second-order valence-electron chi connectivity index (χ2n) is 4.46. The summed E-state index contributed by atoms with van der Waals surface area (Å²) in [7, 11) is 1.86. The Morgan fingerprint density at radius 2 is 2.05 bits per heavy atom. The van der Waals surface area contributed by atoms with E-state index < -0.39 is 0 Å². The summed E-state index contributed by atoms with van der Waals surface area (Å²) >= 11 is 11.0. The van der Waals surface area contributed by atoms with E-state index in [1.807, 2.05) is 41.9 Å². The number of benzene rings is 2. The van der Waals surface area contributed by atoms with E-state index in [4.69, 9.17) is 11.6 Å². The van der Waals surface area contributed by atoms with Gasteiger partial charge in [0, 0.05) is 17.1 Å². The third-order valence-corrected chi connectivity index (χ3v) is 4.94. The first kappa shape index (κ1) is 14.5. The number of hydrogen-bond acceptors (Lipinski definition) is 2. The molecular formula is C15H10BrClN2OS. The fraction of sp³-hybridized carbons (Fsp3) is 0.0667. The monoisotopic (exact) mass is 380 g/mol. The van der Waals surface area contributed by atoms with Gasteiger partial charge in [0.1, 0.15) is 0 Å². The van der Waals surface area contributed by atoms with E-state index in [1.54, 1.807) is 12.1 Å². The molecule has 0 atom stereocenters. The van der Waals surface area contributed by atoms with E-state index in [-0.39, 0.29) is 5.91 Å². The number of nitrogens with zero attached hydrogens (tertiary/aromatic N) is 2. The minimum Gasteiger partial charge on any atom is -0.318 e. The quantitative estimate of drug-likeness (QED) is 0.615. The Morgan fingerprint density at radius 1 is 1.29 bits per heavy atom. The molecule has 0 saturated carbocycles. The topological polar surface area (TPSA) is 34.4 Å². The fourth-order valence-corrected chi connectivity index (χ4v) is 3.84. The predicted octanol–water partition coefficient (Wildman–Crippen LogP) is 4.40. The number of para-hydroxylation sites is 1. The van der Waals surface area contributed by atoms with Crippen molar-refractivity contribution in [3.63, 3.8) is 0 Å². The molecule has 0 aliphatic carbocycles. The molecule has 1 amide bonds. The summed E-state index contributed by atoms with van der Waals surface area (Å²) in [6.07, 6.45) is 0. The maximum atomic E-state index is 12.3. The van der Waals surface area contributed by atoms with Gasteiger partial charge >= 0.3 is 0 Å². The second-order valence-corrected chi connectivity index (χ2v) is 6.79. The molecule has 0 fully saturated rings. The lowest BCUT2D eigenvalue weighted by Crippen LogP contribution is -2.13. The normalized spacial score (nSPS) is 12.0. The average molecular weight is 382 g/mol. The zero-order chi connectivity index (χ0) is 15.0. The summed E-state index contributed by atoms with van der Waals surface area (Å²) < 4.78 is 3.70. The predicted molar refractivity (Wildman–Crippen MR) is 89.8 cm³/mol. The molecule has 106 valence electrons. The lowest BCUT2D eigenvalue weighted by atomic mass is 10.2. The summed E-state index contributed by atoms with van der Waals surface area (Å²) in [4.78, 5) is 17.1. The molecule has 3 rings (SSSR count). The van der Waals surface area contributed by atoms with Crippen molar-refractivity contribution in [2.24, 2.45) is 12.0 Å². The zero-order valence-corrected chi connectivity index (χ0v) is 14.2. The number of aryl methyl sites for hydroxylation is 1. The van der Waals surface area contributed by atoms with Crippen molar-refractivity contribution < 1.29 is 4.79 Å². The summed E-state index contributed by atoms with van der Waals surface area (Å²) in [5, 5.41) is 0.655. The van der Waals surface area contributed by atoms with Gasteiger partial charge in [-0.3, -0.25) is 4.79 Å². The lowest BCUT2D eigenvalue weighted by Gasteiger charge is -1.98. The summed E-state index contributed by atoms with van der Waals surface area (Å²) in [5.41, 5.74) is 1.44. The van der Waals surface area contributed by atoms with Crippen LogP contribution >= 0.6 is 38.9 Å². The molecule has 0 spiro atoms. The highest BCUT2D eigenvalue weighted by Crippen LogP contribution is 2.24. The summed E-state index contributed by atoms with van der Waals surface area (Å²) in [5.74, 6) is -0.269. The van der Waals surface area contributed by atoms with Gasteiger partial charge < -0.3 is 4.57 Å². The minimum absolute atomic E-state index is 0.269. The highest BCUT2D eigenvalue weighted by Gasteiger charge is 2.09. The molecule has 0 saturated heterocycles. The van der Waals surface area contributed by atoms with E-state index >= 15 is 0 Å². The highest BCUT2D eigenvalue weighted by molar-refractivity contribution is 9.10. The van der Waals surface area contributed by atoms with E-state index in [0.29, 0.717) is 15.4 Å². The number of aromatic nitrogens is 1. The van der Waals surface area contributed by atoms with Gasteiger partial charge in [-0.2, -0.15) is 4.99 Å². The van der Waals surface area contributed by atoms with Crippen LogP contribution in [0.25, 0.3) is 10.2 Å². The van der Waals surface area contributed by atoms with Crippen LogP contribution in [0.3, 0.4) is 0 Å². The SMILES string of the molecule is Cn1c(=NC(=O)c2cccc(Br)c2)sc2cccc(Cl)c21. The molecule has 0 N–H and O–H groups in total. The highest BCUT2D eigenvalue weighted by atomic mass is 79.9. The third kappa shape index (κ3) is 2.81. The maximum Gasteiger partial charge on any atom is 0.279 e. The molecule has 0 bridgehead atoms. The Hall–Kier alpha value is -1.43. The molecule has 6 heteroatoms. The Bertz CT molecular complexity index is 913. The molecule has 3 nitrogen and oxygen atoms in total. The molecule has 1 aromatic heterocycles. The van der Waals surface area contributed by atoms with Gasteiger partial charge in [-0.05, 0) is 30.3 Å². The standard InChI is InChI=1S/C15H10BrClN2OS/c1-19-13-11(17)6-3-7-12(13)21-15(19)18-14(20)9-4-2-5-10(16)8-9/h2-8H,1H3. The first-order valence-electron chi connectivity index (χ1n) is 6.15. The van der Waals surface area contributed by atoms with Crippen LogP contribution in [0.2, 0.25) is 5.02 Å². The van der Waals surface area contributed by atoms with Crippen LogP contribution in [0, 0.1) is 0 Å². The molecular weight excluding hydrogens is 372 g/mol. The number of amides is 1. The molecule has 3 aromatic rings. The van der Waals surface area contributed by atoms with Crippen LogP contribution in [0.15, 0.2) is 51.9 Å². The van der Waals surface area contributed by atoms with Gasteiger partial charge in [-0.25, -0.2) is 0 Å². The first-order valence-corrected chi connectivity index (χ1v) is 8.13. The van der Waals surface area contributed by atoms with Gasteiger partial charge in [0.15, 0.2) is 4.80 Å². The fourth-order valence-electron chi connectivity index (χ4n) is 2.04. The lowest BCUT2D eigenvalue weighted by molar-refractivity contribution is 0.0998. The van der Waals surface area contributed by atoms with E-state index in [2.05, 4.69) is 20.9 Å². The van der Waals surface area contributed by atoms with Crippen molar-refractivity contribution >= 4 is 55.0 Å². The van der Waals surface area contributed by atoms with E-state index in [1.165, 1.54) is 11.3 Å². The molecule has 1 heterocycles.